The number of hydrogen-bond donors (Lipinski definition) is 0. The molecule has 15 heavy (non-hydrogen) atoms. The summed E-state index contributed by atoms with van der Waals surface area (Å²) < 4.78 is 0. The lowest BCUT2D eigenvalue weighted by molar-refractivity contribution is -0.138. The Labute approximate surface area is 92.4 Å². The number of carbonyl (C=O) groups excluding carboxylic acids is 2. The average molecular weight is 210 g/mol. The zero-order valence-electron chi connectivity index (χ0n) is 10.3. The van der Waals surface area contributed by atoms with E-state index >= 15 is 0 Å². The van der Waals surface area contributed by atoms with Crippen LogP contribution < -0.4 is 0 Å². The van der Waals surface area contributed by atoms with Crippen molar-refractivity contribution in [1.82, 2.24) is 0 Å². The Morgan fingerprint density at radius 3 is 2.40 bits per heavy atom. The van der Waals surface area contributed by atoms with Crippen molar-refractivity contribution in [3.63, 3.8) is 0 Å². The van der Waals surface area contributed by atoms with Crippen molar-refractivity contribution in [3.8, 4) is 0 Å². The minimum Gasteiger partial charge on any atom is -0.300 e. The summed E-state index contributed by atoms with van der Waals surface area (Å²) in [6, 6.07) is 0. The molecule has 1 aliphatic carbocycles. The second-order valence-electron chi connectivity index (χ2n) is 5.40. The molecular weight excluding hydrogens is 188 g/mol. The molecule has 0 aliphatic heterocycles. The third-order valence-corrected chi connectivity index (χ3v) is 3.80. The predicted molar refractivity (Wildman–Crippen MR) is 60.6 cm³/mol. The SMILES string of the molecule is CCC(=O)C1C(C(C)=O)CCCC1(C)C. The fourth-order valence-corrected chi connectivity index (χ4v) is 2.96. The molecule has 0 radical (unpaired) electrons. The van der Waals surface area contributed by atoms with Gasteiger partial charge in [-0.05, 0) is 25.2 Å². The van der Waals surface area contributed by atoms with Crippen molar-refractivity contribution in [2.24, 2.45) is 17.3 Å². The van der Waals surface area contributed by atoms with Gasteiger partial charge in [-0.25, -0.2) is 0 Å². The van der Waals surface area contributed by atoms with Gasteiger partial charge in [-0.15, -0.1) is 0 Å². The van der Waals surface area contributed by atoms with Crippen LogP contribution in [0.5, 0.6) is 0 Å². The van der Waals surface area contributed by atoms with Gasteiger partial charge in [0, 0.05) is 18.3 Å². The molecule has 1 rings (SSSR count). The van der Waals surface area contributed by atoms with Gasteiger partial charge >= 0.3 is 0 Å². The summed E-state index contributed by atoms with van der Waals surface area (Å²) in [5.41, 5.74) is 0.00167. The van der Waals surface area contributed by atoms with Crippen LogP contribution in [0.15, 0.2) is 0 Å². The lowest BCUT2D eigenvalue weighted by Gasteiger charge is -2.42. The fourth-order valence-electron chi connectivity index (χ4n) is 2.96. The highest BCUT2D eigenvalue weighted by Crippen LogP contribution is 2.45. The number of hydrogen-bond acceptors (Lipinski definition) is 2. The normalized spacial score (nSPS) is 29.9. The smallest absolute Gasteiger partial charge is 0.136 e. The molecule has 0 bridgehead atoms. The molecule has 0 N–H and O–H groups in total. The second-order valence-corrected chi connectivity index (χ2v) is 5.40. The Morgan fingerprint density at radius 2 is 1.93 bits per heavy atom. The van der Waals surface area contributed by atoms with Crippen LogP contribution in [0.1, 0.15) is 53.4 Å². The number of Topliss-reactive ketones (excluding diaryl/α,β-unsaturated/α-hetero) is 2. The van der Waals surface area contributed by atoms with Crippen LogP contribution in [0.4, 0.5) is 0 Å². The van der Waals surface area contributed by atoms with E-state index in [0.717, 1.165) is 19.3 Å². The van der Waals surface area contributed by atoms with Crippen LogP contribution in [0.3, 0.4) is 0 Å². The van der Waals surface area contributed by atoms with Gasteiger partial charge in [-0.2, -0.15) is 0 Å². The molecule has 0 heterocycles. The summed E-state index contributed by atoms with van der Waals surface area (Å²) >= 11 is 0. The Morgan fingerprint density at radius 1 is 1.33 bits per heavy atom. The van der Waals surface area contributed by atoms with E-state index < -0.39 is 0 Å². The molecule has 0 spiro atoms. The van der Waals surface area contributed by atoms with Crippen LogP contribution >= 0.6 is 0 Å². The van der Waals surface area contributed by atoms with Crippen molar-refractivity contribution in [3.05, 3.63) is 0 Å². The zero-order valence-corrected chi connectivity index (χ0v) is 10.3. The van der Waals surface area contributed by atoms with Crippen molar-refractivity contribution in [2.45, 2.75) is 53.4 Å². The minimum absolute atomic E-state index is 0.00167. The molecule has 0 saturated heterocycles. The van der Waals surface area contributed by atoms with E-state index in [2.05, 4.69) is 13.8 Å². The summed E-state index contributed by atoms with van der Waals surface area (Å²) in [5, 5.41) is 0. The van der Waals surface area contributed by atoms with E-state index in [1.165, 1.54) is 0 Å². The average Bonchev–Trinajstić information content (AvgIpc) is 2.14. The lowest BCUT2D eigenvalue weighted by atomic mass is 9.61. The van der Waals surface area contributed by atoms with E-state index in [-0.39, 0.29) is 28.8 Å². The second kappa shape index (κ2) is 4.46. The molecule has 2 atom stereocenters. The molecule has 0 aromatic heterocycles. The number of carbonyl (C=O) groups is 2. The Bertz CT molecular complexity index is 266. The summed E-state index contributed by atoms with van der Waals surface area (Å²) in [7, 11) is 0. The maximum Gasteiger partial charge on any atom is 0.136 e. The van der Waals surface area contributed by atoms with Gasteiger partial charge < -0.3 is 0 Å². The number of ketones is 2. The Kier molecular flexibility index (Phi) is 3.69. The highest BCUT2D eigenvalue weighted by atomic mass is 16.1. The van der Waals surface area contributed by atoms with E-state index in [1.54, 1.807) is 6.92 Å². The molecule has 2 heteroatoms. The molecule has 1 saturated carbocycles. The standard InChI is InChI=1S/C13H22O2/c1-5-11(15)12-10(9(2)14)7-6-8-13(12,3)4/h10,12H,5-8H2,1-4H3. The van der Waals surface area contributed by atoms with Gasteiger partial charge in [0.2, 0.25) is 0 Å². The lowest BCUT2D eigenvalue weighted by Crippen LogP contribution is -2.42. The Hall–Kier alpha value is -0.660. The van der Waals surface area contributed by atoms with Crippen molar-refractivity contribution in [2.75, 3.05) is 0 Å². The maximum atomic E-state index is 11.9. The van der Waals surface area contributed by atoms with Crippen LogP contribution in [0, 0.1) is 17.3 Å². The molecule has 1 aliphatic rings. The molecule has 86 valence electrons. The van der Waals surface area contributed by atoms with Gasteiger partial charge in [0.25, 0.3) is 0 Å². The highest BCUT2D eigenvalue weighted by molar-refractivity contribution is 5.89. The van der Waals surface area contributed by atoms with Crippen molar-refractivity contribution >= 4 is 11.6 Å². The van der Waals surface area contributed by atoms with E-state index in [9.17, 15) is 9.59 Å². The first kappa shape index (κ1) is 12.4. The highest BCUT2D eigenvalue weighted by Gasteiger charge is 2.44. The van der Waals surface area contributed by atoms with Gasteiger partial charge in [-0.3, -0.25) is 9.59 Å². The maximum absolute atomic E-state index is 11.9. The van der Waals surface area contributed by atoms with Gasteiger partial charge in [0.05, 0.1) is 0 Å². The molecule has 0 amide bonds. The fraction of sp³-hybridized carbons (Fsp3) is 0.846. The molecule has 2 unspecified atom stereocenters. The monoisotopic (exact) mass is 210 g/mol. The molecule has 1 fully saturated rings. The number of rotatable bonds is 3. The van der Waals surface area contributed by atoms with Crippen LogP contribution in [0.25, 0.3) is 0 Å². The van der Waals surface area contributed by atoms with E-state index in [1.807, 2.05) is 6.92 Å². The first-order valence-electron chi connectivity index (χ1n) is 5.93. The largest absolute Gasteiger partial charge is 0.300 e. The minimum atomic E-state index is -0.0475. The summed E-state index contributed by atoms with van der Waals surface area (Å²) in [6.45, 7) is 7.77. The summed E-state index contributed by atoms with van der Waals surface area (Å²) in [6.07, 6.45) is 3.59. The van der Waals surface area contributed by atoms with Crippen LogP contribution in [-0.4, -0.2) is 11.6 Å². The first-order valence-corrected chi connectivity index (χ1v) is 5.93. The quantitative estimate of drug-likeness (QED) is 0.717. The molecule has 0 aromatic rings. The van der Waals surface area contributed by atoms with Crippen molar-refractivity contribution < 1.29 is 9.59 Å². The molecule has 0 aromatic carbocycles. The summed E-state index contributed by atoms with van der Waals surface area (Å²) in [5.74, 6) is 0.379. The third-order valence-electron chi connectivity index (χ3n) is 3.80. The topological polar surface area (TPSA) is 34.1 Å². The van der Waals surface area contributed by atoms with Crippen LogP contribution in [0.2, 0.25) is 0 Å². The van der Waals surface area contributed by atoms with Gasteiger partial charge in [-0.1, -0.05) is 27.2 Å². The van der Waals surface area contributed by atoms with Gasteiger partial charge in [0.15, 0.2) is 0 Å². The first-order chi connectivity index (χ1) is 6.90. The van der Waals surface area contributed by atoms with Gasteiger partial charge in [0.1, 0.15) is 11.6 Å². The van der Waals surface area contributed by atoms with E-state index in [4.69, 9.17) is 0 Å². The van der Waals surface area contributed by atoms with E-state index in [0.29, 0.717) is 6.42 Å². The van der Waals surface area contributed by atoms with Crippen LogP contribution in [-0.2, 0) is 9.59 Å². The Balaban J connectivity index is 2.97. The molecular formula is C13H22O2. The predicted octanol–water partition coefficient (Wildman–Crippen LogP) is 3.00. The van der Waals surface area contributed by atoms with Crippen molar-refractivity contribution in [1.29, 1.82) is 0 Å². The summed E-state index contributed by atoms with van der Waals surface area (Å²) in [4.78, 5) is 23.5. The molecule has 2 nitrogen and oxygen atoms in total. The zero-order chi connectivity index (χ0) is 11.6. The third kappa shape index (κ3) is 2.47.